The van der Waals surface area contributed by atoms with Gasteiger partial charge in [0.25, 0.3) is 5.91 Å². The molecule has 0 bridgehead atoms. The number of rotatable bonds is 4. The van der Waals surface area contributed by atoms with Crippen LogP contribution in [0.4, 0.5) is 0 Å². The van der Waals surface area contributed by atoms with Gasteiger partial charge in [-0.25, -0.2) is 15.4 Å². The first-order valence-corrected chi connectivity index (χ1v) is 9.89. The Morgan fingerprint density at radius 2 is 2.11 bits per heavy atom. The van der Waals surface area contributed by atoms with Gasteiger partial charge in [0.2, 0.25) is 0 Å². The molecule has 4 aromatic rings. The van der Waals surface area contributed by atoms with Crippen LogP contribution in [0.2, 0.25) is 0 Å². The number of hydroxylamine groups is 1. The predicted molar refractivity (Wildman–Crippen MR) is 107 cm³/mol. The summed E-state index contributed by atoms with van der Waals surface area (Å²) < 4.78 is 2.05. The molecule has 3 heterocycles. The number of hydrogen-bond donors (Lipinski definition) is 2. The molecule has 0 saturated heterocycles. The Balaban J connectivity index is 1.58. The number of hydrogen-bond acceptors (Lipinski definition) is 5. The van der Waals surface area contributed by atoms with E-state index in [0.717, 1.165) is 45.3 Å². The van der Waals surface area contributed by atoms with E-state index in [1.54, 1.807) is 22.9 Å². The topological polar surface area (TPSA) is 79.5 Å². The molecule has 0 spiro atoms. The molecule has 1 aliphatic rings. The molecule has 5 rings (SSSR count). The van der Waals surface area contributed by atoms with Gasteiger partial charge in [-0.2, -0.15) is 0 Å². The van der Waals surface area contributed by atoms with Crippen molar-refractivity contribution in [3.8, 4) is 11.4 Å². The number of imidazole rings is 1. The first kappa shape index (κ1) is 17.1. The zero-order valence-electron chi connectivity index (χ0n) is 15.2. The number of carbonyl (C=O) groups excluding carboxylic acids is 1. The Bertz CT molecular complexity index is 1210. The second kappa shape index (κ2) is 6.25. The van der Waals surface area contributed by atoms with Crippen molar-refractivity contribution < 1.29 is 10.0 Å². The van der Waals surface area contributed by atoms with Crippen LogP contribution in [-0.4, -0.2) is 25.5 Å². The summed E-state index contributed by atoms with van der Waals surface area (Å²) in [6.45, 7) is 2.09. The molecule has 28 heavy (non-hydrogen) atoms. The molecule has 6 nitrogen and oxygen atoms in total. The third-order valence-electron chi connectivity index (χ3n) is 5.39. The lowest BCUT2D eigenvalue weighted by atomic mass is 9.95. The van der Waals surface area contributed by atoms with Crippen molar-refractivity contribution in [2.45, 2.75) is 25.2 Å². The summed E-state index contributed by atoms with van der Waals surface area (Å²) in [6.07, 6.45) is 5.86. The fourth-order valence-electron chi connectivity index (χ4n) is 3.72. The van der Waals surface area contributed by atoms with Crippen molar-refractivity contribution >= 4 is 22.9 Å². The van der Waals surface area contributed by atoms with Crippen molar-refractivity contribution in [3.05, 3.63) is 75.9 Å². The summed E-state index contributed by atoms with van der Waals surface area (Å²) in [6, 6.07) is 13.4. The summed E-state index contributed by atoms with van der Waals surface area (Å²) >= 11 is 1.70. The van der Waals surface area contributed by atoms with Gasteiger partial charge in [-0.15, -0.1) is 11.3 Å². The van der Waals surface area contributed by atoms with E-state index >= 15 is 0 Å². The van der Waals surface area contributed by atoms with Gasteiger partial charge in [-0.1, -0.05) is 18.2 Å². The molecule has 3 aromatic heterocycles. The van der Waals surface area contributed by atoms with Crippen LogP contribution in [0.15, 0.2) is 54.9 Å². The standard InChI is InChI=1S/C21H18N4O2S/c1-13-18(16-12-22-17-7-2-3-10-25(16)17)23-20(28-13)21(8-9-21)15-6-4-5-14(11-15)19(26)24-27/h2-7,10-12,27H,8-9H2,1H3,(H,24,26). The zero-order chi connectivity index (χ0) is 19.3. The Hall–Kier alpha value is -3.03. The monoisotopic (exact) mass is 390 g/mol. The lowest BCUT2D eigenvalue weighted by Gasteiger charge is -2.13. The van der Waals surface area contributed by atoms with Crippen molar-refractivity contribution in [1.82, 2.24) is 19.8 Å². The van der Waals surface area contributed by atoms with Crippen LogP contribution in [0.3, 0.4) is 0 Å². The van der Waals surface area contributed by atoms with Crippen molar-refractivity contribution in [2.75, 3.05) is 0 Å². The Morgan fingerprint density at radius 1 is 1.25 bits per heavy atom. The largest absolute Gasteiger partial charge is 0.298 e. The van der Waals surface area contributed by atoms with Crippen LogP contribution < -0.4 is 5.48 Å². The predicted octanol–water partition coefficient (Wildman–Crippen LogP) is 3.97. The van der Waals surface area contributed by atoms with E-state index in [0.29, 0.717) is 5.56 Å². The second-order valence-electron chi connectivity index (χ2n) is 7.10. The fraction of sp³-hybridized carbons (Fsp3) is 0.190. The highest BCUT2D eigenvalue weighted by Gasteiger charge is 2.49. The number of amides is 1. The van der Waals surface area contributed by atoms with E-state index in [-0.39, 0.29) is 5.41 Å². The molecule has 2 N–H and O–H groups in total. The van der Waals surface area contributed by atoms with Gasteiger partial charge in [0, 0.05) is 22.1 Å². The molecule has 1 aliphatic carbocycles. The molecule has 1 fully saturated rings. The highest BCUT2D eigenvalue weighted by atomic mass is 32.1. The number of nitrogens with zero attached hydrogens (tertiary/aromatic N) is 3. The van der Waals surface area contributed by atoms with Gasteiger partial charge in [0.15, 0.2) is 0 Å². The van der Waals surface area contributed by atoms with E-state index in [1.807, 2.05) is 48.8 Å². The molecule has 140 valence electrons. The Kier molecular flexibility index (Phi) is 3.82. The first-order chi connectivity index (χ1) is 13.6. The van der Waals surface area contributed by atoms with Crippen LogP contribution in [0.25, 0.3) is 17.0 Å². The van der Waals surface area contributed by atoms with Gasteiger partial charge in [-0.05, 0) is 49.6 Å². The third-order valence-corrected chi connectivity index (χ3v) is 6.57. The van der Waals surface area contributed by atoms with E-state index in [9.17, 15) is 4.79 Å². The van der Waals surface area contributed by atoms with E-state index in [4.69, 9.17) is 10.2 Å². The summed E-state index contributed by atoms with van der Waals surface area (Å²) in [4.78, 5) is 22.4. The number of fused-ring (bicyclic) bond motifs is 1. The number of benzene rings is 1. The normalized spacial score (nSPS) is 14.9. The van der Waals surface area contributed by atoms with Gasteiger partial charge < -0.3 is 0 Å². The molecular formula is C21H18N4O2S. The molecular weight excluding hydrogens is 372 g/mol. The summed E-state index contributed by atoms with van der Waals surface area (Å²) in [5.41, 5.74) is 5.90. The number of nitrogens with one attached hydrogen (secondary N) is 1. The first-order valence-electron chi connectivity index (χ1n) is 9.08. The number of thiazole rings is 1. The van der Waals surface area contributed by atoms with E-state index in [1.165, 1.54) is 0 Å². The Morgan fingerprint density at radius 3 is 2.89 bits per heavy atom. The van der Waals surface area contributed by atoms with Crippen molar-refractivity contribution in [2.24, 2.45) is 0 Å². The molecule has 1 aromatic carbocycles. The minimum atomic E-state index is -0.501. The number of aromatic nitrogens is 3. The van der Waals surface area contributed by atoms with Crippen molar-refractivity contribution in [3.63, 3.8) is 0 Å². The van der Waals surface area contributed by atoms with Crippen LogP contribution in [0.1, 0.15) is 38.6 Å². The fourth-order valence-corrected chi connectivity index (χ4v) is 4.91. The summed E-state index contributed by atoms with van der Waals surface area (Å²) in [5.74, 6) is -0.501. The van der Waals surface area contributed by atoms with Crippen LogP contribution in [-0.2, 0) is 5.41 Å². The maximum atomic E-state index is 11.8. The molecule has 0 radical (unpaired) electrons. The molecule has 0 aliphatic heterocycles. The Labute approximate surface area is 165 Å². The number of aryl methyl sites for hydroxylation is 1. The molecule has 0 unspecified atom stereocenters. The van der Waals surface area contributed by atoms with Gasteiger partial charge in [-0.3, -0.25) is 14.4 Å². The highest BCUT2D eigenvalue weighted by Crippen LogP contribution is 2.55. The number of carbonyl (C=O) groups is 1. The molecule has 7 heteroatoms. The molecule has 1 amide bonds. The van der Waals surface area contributed by atoms with Gasteiger partial charge in [0.05, 0.1) is 11.9 Å². The average Bonchev–Trinajstić information content (AvgIpc) is 3.30. The summed E-state index contributed by atoms with van der Waals surface area (Å²) in [7, 11) is 0. The van der Waals surface area contributed by atoms with E-state index in [2.05, 4.69) is 16.3 Å². The average molecular weight is 390 g/mol. The third kappa shape index (κ3) is 2.55. The van der Waals surface area contributed by atoms with Gasteiger partial charge >= 0.3 is 0 Å². The molecule has 0 atom stereocenters. The maximum absolute atomic E-state index is 11.8. The number of pyridine rings is 1. The van der Waals surface area contributed by atoms with Crippen molar-refractivity contribution in [1.29, 1.82) is 0 Å². The quantitative estimate of drug-likeness (QED) is 0.408. The van der Waals surface area contributed by atoms with Crippen LogP contribution in [0, 0.1) is 6.92 Å². The minimum absolute atomic E-state index is 0.153. The van der Waals surface area contributed by atoms with Crippen LogP contribution in [0.5, 0.6) is 0 Å². The summed E-state index contributed by atoms with van der Waals surface area (Å²) in [5, 5.41) is 9.99. The highest BCUT2D eigenvalue weighted by molar-refractivity contribution is 7.12. The maximum Gasteiger partial charge on any atom is 0.274 e. The SMILES string of the molecule is Cc1sc(C2(c3cccc(C(=O)NO)c3)CC2)nc1-c1cnc2ccccn12. The van der Waals surface area contributed by atoms with Crippen LogP contribution >= 0.6 is 11.3 Å². The lowest BCUT2D eigenvalue weighted by molar-refractivity contribution is 0.0706. The molecule has 1 saturated carbocycles. The van der Waals surface area contributed by atoms with Gasteiger partial charge in [0.1, 0.15) is 16.3 Å². The minimum Gasteiger partial charge on any atom is -0.298 e. The smallest absolute Gasteiger partial charge is 0.274 e. The zero-order valence-corrected chi connectivity index (χ0v) is 16.0. The van der Waals surface area contributed by atoms with E-state index < -0.39 is 5.91 Å². The second-order valence-corrected chi connectivity index (χ2v) is 8.30. The lowest BCUT2D eigenvalue weighted by Crippen LogP contribution is -2.19.